The van der Waals surface area contributed by atoms with Gasteiger partial charge >= 0.3 is 0 Å². The van der Waals surface area contributed by atoms with E-state index in [9.17, 15) is 4.39 Å². The third kappa shape index (κ3) is 29.9. The largest absolute Gasteiger partial charge is 0.407 e. The maximum absolute atomic E-state index is 13.1. The Morgan fingerprint density at radius 1 is 0.426 bits per heavy atom. The second kappa shape index (κ2) is 49.5. The molecule has 18 heteroatoms. The van der Waals surface area contributed by atoms with E-state index in [4.69, 9.17) is 31.2 Å². The fraction of sp³-hybridized carbons (Fsp3) is 0.298. The number of aliphatic hydroxyl groups is 1. The summed E-state index contributed by atoms with van der Waals surface area (Å²) in [5.74, 6) is 8.44. The van der Waals surface area contributed by atoms with E-state index in [-0.39, 0.29) is 27.5 Å². The van der Waals surface area contributed by atoms with E-state index in [1.807, 2.05) is 74.8 Å². The number of rotatable bonds is 27. The summed E-state index contributed by atoms with van der Waals surface area (Å²) in [6, 6.07) is 101. The number of fused-ring (bicyclic) bond motifs is 1. The highest BCUT2D eigenvalue weighted by molar-refractivity contribution is 9.11. The summed E-state index contributed by atoms with van der Waals surface area (Å²) < 4.78 is 37.2. The summed E-state index contributed by atoms with van der Waals surface area (Å²) in [4.78, 5) is 13.7. The first-order chi connectivity index (χ1) is 58.2. The van der Waals surface area contributed by atoms with Crippen LogP contribution in [0.25, 0.3) is 11.0 Å². The van der Waals surface area contributed by atoms with Crippen LogP contribution in [0.5, 0.6) is 0 Å². The number of aliphatic hydroxyl groups excluding tert-OH is 1. The van der Waals surface area contributed by atoms with Gasteiger partial charge in [0.15, 0.2) is 0 Å². The maximum atomic E-state index is 13.1. The Morgan fingerprint density at radius 3 is 1.02 bits per heavy atom. The lowest BCUT2D eigenvalue weighted by Gasteiger charge is -2.43. The Morgan fingerprint density at radius 2 is 0.721 bits per heavy atom. The fourth-order valence-corrected chi connectivity index (χ4v) is 29.1. The van der Waals surface area contributed by atoms with Crippen molar-refractivity contribution < 1.29 is 22.8 Å². The van der Waals surface area contributed by atoms with Crippen LogP contribution < -0.4 is 51.1 Å². The minimum Gasteiger partial charge on any atom is -0.407 e. The zero-order valence-electron chi connectivity index (χ0n) is 74.4. The van der Waals surface area contributed by atoms with Crippen molar-refractivity contribution in [3.63, 3.8) is 0 Å². The van der Waals surface area contributed by atoms with Crippen molar-refractivity contribution in [2.24, 2.45) is 0 Å². The van der Waals surface area contributed by atoms with Gasteiger partial charge in [0.25, 0.3) is 25.0 Å². The van der Waals surface area contributed by atoms with Crippen LogP contribution >= 0.6 is 47.8 Å². The van der Waals surface area contributed by atoms with E-state index >= 15 is 0 Å². The van der Waals surface area contributed by atoms with Crippen molar-refractivity contribution in [1.82, 2.24) is 15.3 Å². The molecular formula is C104H126Br3FN6O4Si4. The first-order valence-electron chi connectivity index (χ1n) is 41.9. The fourth-order valence-electron chi connectivity index (χ4n) is 14.4. The molecule has 0 amide bonds. The van der Waals surface area contributed by atoms with Crippen LogP contribution in [0, 0.1) is 42.0 Å². The standard InChI is InChI=1S/C28H33NOSi.C26H32BrNOSi.C20H29NOSi.C19H18FN3O.C6H4Br2.C5H10Si/c1-6-24-18-20-25(21-19-24)29(5)22-13-23-30-31(28(2,3)4,26-14-9-7-10-15-26)27-16-11-8-12-17-27;1-26(2,3)30(24-12-7-5-8-13-24,25-14-9-6-10-15-25)29-21-11-20-28(4)23-18-16-22(27)17-19-23;1-20(2,3)23(22-17-11-16-21-4,18-12-7-5-8-13-18)19-14-9-6-10-15-19;1-23(9-2-10-24)18-7-4-14(5-8-18)3-6-17-12-15-11-16(20)13-21-19(15)22-17;7-5-1-2-6(8)4-3-5;1-5-6(2,3)4/h1,7-12,14-21H,13,22-23H2,2-5H3;5-10,12-19H,11,20-21H2,1-4H3;5-10,12-15,21H,11,16-17H2,1-4H3;4-5,7-8,11-13,24H,2,9-10H2,1H3,(H,21,22);1-4H;1H,2-4H3. The van der Waals surface area contributed by atoms with E-state index in [1.54, 1.807) is 6.07 Å². The Hall–Kier alpha value is -8.99. The maximum Gasteiger partial charge on any atom is 0.261 e. The highest BCUT2D eigenvalue weighted by atomic mass is 79.9. The Labute approximate surface area is 759 Å². The molecule has 10 nitrogen and oxygen atoms in total. The normalized spacial score (nSPS) is 11.4. The highest BCUT2D eigenvalue weighted by Gasteiger charge is 2.52. The van der Waals surface area contributed by atoms with Crippen LogP contribution in [-0.4, -0.2) is 129 Å². The van der Waals surface area contributed by atoms with Crippen LogP contribution in [0.4, 0.5) is 21.5 Å². The molecule has 122 heavy (non-hydrogen) atoms. The summed E-state index contributed by atoms with van der Waals surface area (Å²) in [7, 11) is -0.0713. The van der Waals surface area contributed by atoms with Gasteiger partial charge in [-0.15, -0.1) is 18.4 Å². The quantitative estimate of drug-likeness (QED) is 0.0264. The molecule has 640 valence electrons. The summed E-state index contributed by atoms with van der Waals surface area (Å²) in [6.45, 7) is 33.4. The molecule has 0 unspecified atom stereocenters. The van der Waals surface area contributed by atoms with Crippen molar-refractivity contribution in [3.8, 4) is 36.2 Å². The number of nitrogens with zero attached hydrogens (tertiary/aromatic N) is 4. The van der Waals surface area contributed by atoms with E-state index in [0.717, 1.165) is 102 Å². The molecule has 0 saturated heterocycles. The predicted molar refractivity (Wildman–Crippen MR) is 541 cm³/mol. The Bertz CT molecular complexity index is 5010. The number of H-pyrrole nitrogens is 1. The number of pyridine rings is 1. The van der Waals surface area contributed by atoms with Gasteiger partial charge in [-0.25, -0.2) is 9.37 Å². The number of terminal acetylenes is 2. The molecule has 2 aromatic heterocycles. The van der Waals surface area contributed by atoms with Gasteiger partial charge in [-0.1, -0.05) is 324 Å². The van der Waals surface area contributed by atoms with Gasteiger partial charge < -0.3 is 43.4 Å². The monoisotopic (exact) mass is 1890 g/mol. The Kier molecular flexibility index (Phi) is 40.6. The number of hydrogen-bond donors (Lipinski definition) is 3. The molecule has 12 rings (SSSR count). The summed E-state index contributed by atoms with van der Waals surface area (Å²) in [5.41, 5.74) is 9.35. The average Bonchev–Trinajstić information content (AvgIpc) is 0.816. The van der Waals surface area contributed by atoms with Crippen molar-refractivity contribution in [3.05, 3.63) is 333 Å². The molecular weight excluding hydrogens is 1770 g/mol. The lowest BCUT2D eigenvalue weighted by Crippen LogP contribution is -2.66. The number of nitrogens with one attached hydrogen (secondary N) is 2. The van der Waals surface area contributed by atoms with Crippen LogP contribution in [0.2, 0.25) is 34.8 Å². The van der Waals surface area contributed by atoms with Gasteiger partial charge in [-0.05, 0) is 201 Å². The summed E-state index contributed by atoms with van der Waals surface area (Å²) >= 11 is 10.2. The first kappa shape index (κ1) is 100. The zero-order chi connectivity index (χ0) is 88.8. The second-order valence-corrected chi connectivity index (χ2v) is 54.6. The van der Waals surface area contributed by atoms with E-state index < -0.39 is 33.0 Å². The summed E-state index contributed by atoms with van der Waals surface area (Å²) in [6.07, 6.45) is 15.5. The molecule has 0 aliphatic rings. The van der Waals surface area contributed by atoms with Gasteiger partial charge in [0, 0.05) is 114 Å². The van der Waals surface area contributed by atoms with Crippen LogP contribution in [-0.2, 0) is 13.3 Å². The van der Waals surface area contributed by atoms with Crippen LogP contribution in [0.15, 0.2) is 311 Å². The number of anilines is 3. The molecule has 0 aliphatic heterocycles. The lowest BCUT2D eigenvalue weighted by atomic mass is 10.2. The van der Waals surface area contributed by atoms with E-state index in [2.05, 4.69) is 416 Å². The minimum absolute atomic E-state index is 0.00661. The van der Waals surface area contributed by atoms with Crippen molar-refractivity contribution in [2.45, 2.75) is 123 Å². The van der Waals surface area contributed by atoms with Gasteiger partial charge in [0.1, 0.15) is 19.5 Å². The molecule has 2 heterocycles. The molecule has 0 fully saturated rings. The van der Waals surface area contributed by atoms with E-state index in [1.165, 1.54) is 54.8 Å². The number of benzene rings is 10. The van der Waals surface area contributed by atoms with Gasteiger partial charge in [-0.3, -0.25) is 0 Å². The molecule has 3 N–H and O–H groups in total. The number of hydrogen-bond acceptors (Lipinski definition) is 9. The molecule has 0 bridgehead atoms. The number of aromatic nitrogens is 2. The Balaban J connectivity index is 0.000000213. The molecule has 12 aromatic rings. The average molecular weight is 1900 g/mol. The number of halogens is 4. The molecule has 0 spiro atoms. The van der Waals surface area contributed by atoms with Gasteiger partial charge in [-0.2, -0.15) is 0 Å². The van der Waals surface area contributed by atoms with Gasteiger partial charge in [0.05, 0.1) is 11.9 Å². The molecule has 10 aromatic carbocycles. The van der Waals surface area contributed by atoms with Crippen molar-refractivity contribution >= 4 is 140 Å². The second-order valence-electron chi connectivity index (χ2n) is 34.1. The first-order valence-corrected chi connectivity index (χ1v) is 53.5. The SMILES string of the molecule is Brc1ccc(Br)cc1.C#C[Si](C)(C)C.C#Cc1ccc(N(C)CCCO[Si](c2ccccc2)(c2ccccc2)C(C)(C)C)cc1.CN(CCCO)c1ccc(C#Cc2cc3cc(F)cnc3[nH]2)cc1.CN(CCCO[Si](c1ccccc1)(c1ccccc1)C(C)(C)C)c1ccc(Br)cc1.CNCCCO[Si](c1ccccc1)(c1ccccc1)C(C)(C)C. The smallest absolute Gasteiger partial charge is 0.261 e. The predicted octanol–water partition coefficient (Wildman–Crippen LogP) is 21.7. The van der Waals surface area contributed by atoms with Crippen LogP contribution in [0.1, 0.15) is 105 Å². The zero-order valence-corrected chi connectivity index (χ0v) is 83.2. The third-order valence-corrected chi connectivity index (χ3v) is 38.3. The summed E-state index contributed by atoms with van der Waals surface area (Å²) in [5, 5.41) is 20.9. The molecule has 0 saturated carbocycles. The number of aromatic amines is 1. The third-order valence-electron chi connectivity index (χ3n) is 20.8. The molecule has 0 aliphatic carbocycles. The van der Waals surface area contributed by atoms with Gasteiger partial charge in [0.2, 0.25) is 0 Å². The highest BCUT2D eigenvalue weighted by Crippen LogP contribution is 2.40. The van der Waals surface area contributed by atoms with Crippen molar-refractivity contribution in [2.75, 3.05) is 95.5 Å². The molecule has 0 atom stereocenters. The topological polar surface area (TPSA) is 98.4 Å². The van der Waals surface area contributed by atoms with Crippen LogP contribution in [0.3, 0.4) is 0 Å². The minimum atomic E-state index is -2.45. The van der Waals surface area contributed by atoms with E-state index in [0.29, 0.717) is 16.7 Å². The molecule has 0 radical (unpaired) electrons. The van der Waals surface area contributed by atoms with Crippen molar-refractivity contribution in [1.29, 1.82) is 0 Å². The lowest BCUT2D eigenvalue weighted by molar-refractivity contribution is 0.290.